The Kier molecular flexibility index (Phi) is 3.46. The average molecular weight is 178 g/mol. The fourth-order valence-electron chi connectivity index (χ4n) is 1.04. The van der Waals surface area contributed by atoms with Crippen molar-refractivity contribution in [2.24, 2.45) is 5.73 Å². The summed E-state index contributed by atoms with van der Waals surface area (Å²) in [4.78, 5) is 4.19. The number of nitrogens with two attached hydrogens (primary N) is 1. The third-order valence-electron chi connectivity index (χ3n) is 1.57. The highest BCUT2D eigenvalue weighted by Crippen LogP contribution is 2.11. The van der Waals surface area contributed by atoms with Gasteiger partial charge in [0.15, 0.2) is 0 Å². The van der Waals surface area contributed by atoms with Crippen LogP contribution in [0.2, 0.25) is 0 Å². The monoisotopic (exact) mass is 178 g/mol. The SMILES string of the molecule is C=CCOc1cc(CN)cc(C)n1. The van der Waals surface area contributed by atoms with E-state index in [1.807, 2.05) is 19.1 Å². The van der Waals surface area contributed by atoms with E-state index in [2.05, 4.69) is 11.6 Å². The average Bonchev–Trinajstić information content (AvgIpc) is 2.14. The fourth-order valence-corrected chi connectivity index (χ4v) is 1.04. The zero-order chi connectivity index (χ0) is 9.68. The molecule has 2 N–H and O–H groups in total. The standard InChI is InChI=1S/C10H14N2O/c1-3-4-13-10-6-9(7-11)5-8(2)12-10/h3,5-6H,1,4,7,11H2,2H3. The molecule has 0 fully saturated rings. The predicted octanol–water partition coefficient (Wildman–Crippen LogP) is 1.41. The summed E-state index contributed by atoms with van der Waals surface area (Å²) < 4.78 is 5.29. The summed E-state index contributed by atoms with van der Waals surface area (Å²) >= 11 is 0. The molecule has 3 heteroatoms. The first kappa shape index (κ1) is 9.74. The Hall–Kier alpha value is -1.35. The smallest absolute Gasteiger partial charge is 0.214 e. The lowest BCUT2D eigenvalue weighted by Crippen LogP contribution is -2.01. The lowest BCUT2D eigenvalue weighted by Gasteiger charge is -2.05. The minimum absolute atomic E-state index is 0.473. The van der Waals surface area contributed by atoms with Gasteiger partial charge in [0.1, 0.15) is 6.61 Å². The lowest BCUT2D eigenvalue weighted by atomic mass is 10.2. The van der Waals surface area contributed by atoms with Crippen LogP contribution in [0.1, 0.15) is 11.3 Å². The molecule has 1 heterocycles. The zero-order valence-electron chi connectivity index (χ0n) is 7.79. The number of hydrogen-bond acceptors (Lipinski definition) is 3. The second-order valence-corrected chi connectivity index (χ2v) is 2.76. The van der Waals surface area contributed by atoms with E-state index in [1.165, 1.54) is 0 Å². The Morgan fingerprint density at radius 3 is 3.00 bits per heavy atom. The number of aryl methyl sites for hydroxylation is 1. The number of rotatable bonds is 4. The molecule has 1 rings (SSSR count). The first-order chi connectivity index (χ1) is 6.26. The van der Waals surface area contributed by atoms with Crippen molar-refractivity contribution < 1.29 is 4.74 Å². The molecule has 0 radical (unpaired) electrons. The maximum Gasteiger partial charge on any atom is 0.214 e. The molecule has 0 aliphatic carbocycles. The molecular formula is C10H14N2O. The van der Waals surface area contributed by atoms with Crippen LogP contribution < -0.4 is 10.5 Å². The third-order valence-corrected chi connectivity index (χ3v) is 1.57. The Morgan fingerprint density at radius 2 is 2.38 bits per heavy atom. The van der Waals surface area contributed by atoms with Crippen LogP contribution in [0.5, 0.6) is 5.88 Å². The van der Waals surface area contributed by atoms with E-state index >= 15 is 0 Å². The molecule has 0 aromatic carbocycles. The first-order valence-corrected chi connectivity index (χ1v) is 4.17. The summed E-state index contributed by atoms with van der Waals surface area (Å²) in [5.41, 5.74) is 7.47. The van der Waals surface area contributed by atoms with E-state index in [4.69, 9.17) is 10.5 Å². The van der Waals surface area contributed by atoms with E-state index in [-0.39, 0.29) is 0 Å². The molecule has 1 aromatic heterocycles. The van der Waals surface area contributed by atoms with Crippen LogP contribution in [-0.4, -0.2) is 11.6 Å². The number of aromatic nitrogens is 1. The summed E-state index contributed by atoms with van der Waals surface area (Å²) in [6.07, 6.45) is 1.69. The van der Waals surface area contributed by atoms with Crippen LogP contribution in [0.3, 0.4) is 0 Å². The molecule has 0 aliphatic heterocycles. The van der Waals surface area contributed by atoms with Crippen molar-refractivity contribution in [3.8, 4) is 5.88 Å². The Balaban J connectivity index is 2.81. The summed E-state index contributed by atoms with van der Waals surface area (Å²) in [6, 6.07) is 3.79. The largest absolute Gasteiger partial charge is 0.473 e. The van der Waals surface area contributed by atoms with Gasteiger partial charge in [0.05, 0.1) is 0 Å². The highest BCUT2D eigenvalue weighted by Gasteiger charge is 1.98. The van der Waals surface area contributed by atoms with Crippen molar-refractivity contribution in [2.45, 2.75) is 13.5 Å². The van der Waals surface area contributed by atoms with Crippen molar-refractivity contribution in [3.05, 3.63) is 36.0 Å². The topological polar surface area (TPSA) is 48.1 Å². The van der Waals surface area contributed by atoms with E-state index in [9.17, 15) is 0 Å². The minimum Gasteiger partial charge on any atom is -0.473 e. The molecule has 0 aliphatic rings. The van der Waals surface area contributed by atoms with E-state index in [1.54, 1.807) is 6.08 Å². The molecular weight excluding hydrogens is 164 g/mol. The molecule has 0 unspecified atom stereocenters. The number of pyridine rings is 1. The van der Waals surface area contributed by atoms with Gasteiger partial charge in [-0.25, -0.2) is 4.98 Å². The highest BCUT2D eigenvalue weighted by atomic mass is 16.5. The van der Waals surface area contributed by atoms with Crippen LogP contribution in [0, 0.1) is 6.92 Å². The maximum atomic E-state index is 5.51. The van der Waals surface area contributed by atoms with Gasteiger partial charge in [-0.1, -0.05) is 12.7 Å². The molecule has 0 atom stereocenters. The summed E-state index contributed by atoms with van der Waals surface area (Å²) in [7, 11) is 0. The van der Waals surface area contributed by atoms with Crippen molar-refractivity contribution in [1.29, 1.82) is 0 Å². The van der Waals surface area contributed by atoms with Crippen LogP contribution in [0.4, 0.5) is 0 Å². The molecule has 1 aromatic rings. The maximum absolute atomic E-state index is 5.51. The highest BCUT2D eigenvalue weighted by molar-refractivity contribution is 5.24. The van der Waals surface area contributed by atoms with Gasteiger partial charge in [0, 0.05) is 18.3 Å². The predicted molar refractivity (Wildman–Crippen MR) is 52.6 cm³/mol. The fraction of sp³-hybridized carbons (Fsp3) is 0.300. The normalized spacial score (nSPS) is 9.69. The molecule has 0 saturated heterocycles. The number of ether oxygens (including phenoxy) is 1. The van der Waals surface area contributed by atoms with Crippen molar-refractivity contribution in [1.82, 2.24) is 4.98 Å². The van der Waals surface area contributed by atoms with Crippen molar-refractivity contribution in [3.63, 3.8) is 0 Å². The third kappa shape index (κ3) is 2.87. The Bertz CT molecular complexity index is 297. The minimum atomic E-state index is 0.473. The number of hydrogen-bond donors (Lipinski definition) is 1. The van der Waals surface area contributed by atoms with Crippen LogP contribution >= 0.6 is 0 Å². The lowest BCUT2D eigenvalue weighted by molar-refractivity contribution is 0.347. The summed E-state index contributed by atoms with van der Waals surface area (Å²) in [5, 5.41) is 0. The molecule has 0 spiro atoms. The molecule has 13 heavy (non-hydrogen) atoms. The quantitative estimate of drug-likeness (QED) is 0.709. The molecule has 70 valence electrons. The van der Waals surface area contributed by atoms with Gasteiger partial charge in [-0.15, -0.1) is 0 Å². The Morgan fingerprint density at radius 1 is 1.62 bits per heavy atom. The van der Waals surface area contributed by atoms with Gasteiger partial charge in [0.25, 0.3) is 0 Å². The van der Waals surface area contributed by atoms with Crippen molar-refractivity contribution >= 4 is 0 Å². The van der Waals surface area contributed by atoms with Gasteiger partial charge in [-0.05, 0) is 18.6 Å². The molecule has 3 nitrogen and oxygen atoms in total. The second-order valence-electron chi connectivity index (χ2n) is 2.76. The summed E-state index contributed by atoms with van der Waals surface area (Å²) in [5.74, 6) is 0.611. The van der Waals surface area contributed by atoms with Crippen LogP contribution in [0.25, 0.3) is 0 Å². The molecule has 0 amide bonds. The first-order valence-electron chi connectivity index (χ1n) is 4.17. The van der Waals surface area contributed by atoms with Crippen LogP contribution in [0.15, 0.2) is 24.8 Å². The zero-order valence-corrected chi connectivity index (χ0v) is 7.79. The number of nitrogens with zero attached hydrogens (tertiary/aromatic N) is 1. The van der Waals surface area contributed by atoms with Gasteiger partial charge in [-0.2, -0.15) is 0 Å². The van der Waals surface area contributed by atoms with E-state index in [0.717, 1.165) is 11.3 Å². The molecule has 0 bridgehead atoms. The van der Waals surface area contributed by atoms with Gasteiger partial charge >= 0.3 is 0 Å². The van der Waals surface area contributed by atoms with Gasteiger partial charge in [0.2, 0.25) is 5.88 Å². The van der Waals surface area contributed by atoms with Gasteiger partial charge in [-0.3, -0.25) is 0 Å². The Labute approximate surface area is 78.2 Å². The van der Waals surface area contributed by atoms with E-state index < -0.39 is 0 Å². The molecule has 0 saturated carbocycles. The van der Waals surface area contributed by atoms with Crippen LogP contribution in [-0.2, 0) is 6.54 Å². The van der Waals surface area contributed by atoms with Gasteiger partial charge < -0.3 is 10.5 Å². The summed E-state index contributed by atoms with van der Waals surface area (Å²) in [6.45, 7) is 6.46. The van der Waals surface area contributed by atoms with E-state index in [0.29, 0.717) is 19.0 Å². The van der Waals surface area contributed by atoms with Crippen molar-refractivity contribution in [2.75, 3.05) is 6.61 Å². The second kappa shape index (κ2) is 4.62.